The van der Waals surface area contributed by atoms with Gasteiger partial charge in [-0.05, 0) is 86.6 Å². The molecule has 3 aromatic heterocycles. The highest BCUT2D eigenvalue weighted by atomic mass is 32.1. The molecule has 0 saturated carbocycles. The number of fused-ring (bicyclic) bond motifs is 8. The highest BCUT2D eigenvalue weighted by Gasteiger charge is 2.14. The molecule has 0 N–H and O–H groups in total. The van der Waals surface area contributed by atoms with Crippen LogP contribution in [-0.4, -0.2) is 9.97 Å². The third kappa shape index (κ3) is 3.97. The number of rotatable bonds is 3. The molecular weight excluding hydrogens is 581 g/mol. The van der Waals surface area contributed by atoms with E-state index in [0.717, 1.165) is 49.4 Å². The smallest absolute Gasteiger partial charge is 0.246 e. The first-order chi connectivity index (χ1) is 22.7. The van der Waals surface area contributed by atoms with Gasteiger partial charge in [-0.15, -0.1) is 11.3 Å². The van der Waals surface area contributed by atoms with Crippen molar-refractivity contribution < 1.29 is 4.42 Å². The Kier molecular flexibility index (Phi) is 5.45. The molecule has 7 aromatic carbocycles. The molecule has 0 amide bonds. The van der Waals surface area contributed by atoms with Gasteiger partial charge in [-0.1, -0.05) is 103 Å². The van der Waals surface area contributed by atoms with E-state index in [1.165, 1.54) is 42.4 Å². The molecule has 0 aliphatic carbocycles. The number of benzene rings is 7. The monoisotopic (exact) mass is 604 g/mol. The lowest BCUT2D eigenvalue weighted by Crippen LogP contribution is -1.87. The summed E-state index contributed by atoms with van der Waals surface area (Å²) in [6.45, 7) is 0. The van der Waals surface area contributed by atoms with Crippen LogP contribution in [0.5, 0.6) is 0 Å². The van der Waals surface area contributed by atoms with E-state index >= 15 is 0 Å². The average molecular weight is 605 g/mol. The first-order valence-electron chi connectivity index (χ1n) is 15.4. The molecule has 0 radical (unpaired) electrons. The summed E-state index contributed by atoms with van der Waals surface area (Å²) in [5, 5.41) is 5.94. The van der Waals surface area contributed by atoms with E-state index in [1.807, 2.05) is 17.4 Å². The molecule has 3 nitrogen and oxygen atoms in total. The molecule has 3 heterocycles. The summed E-state index contributed by atoms with van der Waals surface area (Å²) in [5.74, 6) is 0. The fourth-order valence-electron chi connectivity index (χ4n) is 6.78. The summed E-state index contributed by atoms with van der Waals surface area (Å²) in [4.78, 5) is 9.92. The molecule has 4 heteroatoms. The van der Waals surface area contributed by atoms with E-state index in [9.17, 15) is 0 Å². The molecule has 10 rings (SSSR count). The minimum Gasteiger partial charge on any atom is -0.436 e. The van der Waals surface area contributed by atoms with Crippen molar-refractivity contribution in [3.05, 3.63) is 146 Å². The van der Waals surface area contributed by atoms with Gasteiger partial charge in [0.05, 0.1) is 11.0 Å². The lowest BCUT2D eigenvalue weighted by atomic mass is 9.95. The minimum atomic E-state index is 0.564. The molecule has 0 aliphatic rings. The van der Waals surface area contributed by atoms with Gasteiger partial charge in [0, 0.05) is 25.6 Å². The lowest BCUT2D eigenvalue weighted by molar-refractivity contribution is 0.655. The Balaban J connectivity index is 1.04. The van der Waals surface area contributed by atoms with Crippen LogP contribution in [0.2, 0.25) is 0 Å². The quantitative estimate of drug-likeness (QED) is 0.201. The third-order valence-electron chi connectivity index (χ3n) is 9.05. The summed E-state index contributed by atoms with van der Waals surface area (Å²) in [7, 11) is 0. The summed E-state index contributed by atoms with van der Waals surface area (Å²) in [5.41, 5.74) is 10.9. The Labute approximate surface area is 268 Å². The Morgan fingerprint density at radius 3 is 1.98 bits per heavy atom. The third-order valence-corrected chi connectivity index (χ3v) is 10.3. The van der Waals surface area contributed by atoms with Gasteiger partial charge >= 0.3 is 0 Å². The maximum Gasteiger partial charge on any atom is 0.246 e. The van der Waals surface area contributed by atoms with Crippen LogP contribution in [0.1, 0.15) is 0 Å². The molecule has 0 fully saturated rings. The standard InChI is InChI=1S/C42H24N2OS/c1-2-9-29-24-38-35(22-28(29)8-1)40-42(45-38)44-37-23-30(18-19-36(37)43-40)26-11-5-10-25(20-26)27-12-6-13-31(21-27)32-15-7-16-34-33-14-3-4-17-39(33)46-41(32)34/h1-24H. The van der Waals surface area contributed by atoms with E-state index < -0.39 is 0 Å². The highest BCUT2D eigenvalue weighted by Crippen LogP contribution is 2.41. The van der Waals surface area contributed by atoms with Crippen LogP contribution < -0.4 is 0 Å². The highest BCUT2D eigenvalue weighted by molar-refractivity contribution is 7.26. The van der Waals surface area contributed by atoms with Crippen molar-refractivity contribution in [1.29, 1.82) is 0 Å². The normalized spacial score (nSPS) is 11.9. The summed E-state index contributed by atoms with van der Waals surface area (Å²) in [6, 6.07) is 51.8. The predicted molar refractivity (Wildman–Crippen MR) is 194 cm³/mol. The SMILES string of the molecule is c1cc(-c2cccc(-c3cccc4c3sc3ccccc34)c2)cc(-c2ccc3nc4c(nc3c2)oc2cc3ccccc3cc24)c1. The van der Waals surface area contributed by atoms with Crippen molar-refractivity contribution >= 4 is 75.5 Å². The van der Waals surface area contributed by atoms with Crippen LogP contribution in [0.4, 0.5) is 0 Å². The largest absolute Gasteiger partial charge is 0.436 e. The Bertz CT molecular complexity index is 2830. The van der Waals surface area contributed by atoms with Gasteiger partial charge in [0.2, 0.25) is 5.71 Å². The Morgan fingerprint density at radius 1 is 0.457 bits per heavy atom. The zero-order valence-corrected chi connectivity index (χ0v) is 25.4. The van der Waals surface area contributed by atoms with Gasteiger partial charge in [-0.2, -0.15) is 0 Å². The van der Waals surface area contributed by atoms with Crippen LogP contribution in [-0.2, 0) is 0 Å². The second kappa shape index (κ2) is 9.83. The molecule has 10 aromatic rings. The summed E-state index contributed by atoms with van der Waals surface area (Å²) < 4.78 is 8.86. The maximum atomic E-state index is 6.21. The molecule has 0 atom stereocenters. The first kappa shape index (κ1) is 25.5. The fraction of sp³-hybridized carbons (Fsp3) is 0. The van der Waals surface area contributed by atoms with Crippen molar-refractivity contribution in [2.24, 2.45) is 0 Å². The van der Waals surface area contributed by atoms with Gasteiger partial charge in [-0.3, -0.25) is 0 Å². The fourth-order valence-corrected chi connectivity index (χ4v) is 8.01. The van der Waals surface area contributed by atoms with E-state index in [4.69, 9.17) is 14.4 Å². The van der Waals surface area contributed by atoms with Crippen LogP contribution in [0.25, 0.3) is 97.6 Å². The summed E-state index contributed by atoms with van der Waals surface area (Å²) >= 11 is 1.87. The van der Waals surface area contributed by atoms with Crippen molar-refractivity contribution in [3.63, 3.8) is 0 Å². The molecular formula is C42H24N2OS. The number of furan rings is 1. The Hall–Kier alpha value is -5.84. The Morgan fingerprint density at radius 2 is 1.13 bits per heavy atom. The van der Waals surface area contributed by atoms with Gasteiger partial charge in [0.15, 0.2) is 0 Å². The van der Waals surface area contributed by atoms with E-state index in [-0.39, 0.29) is 0 Å². The second-order valence-electron chi connectivity index (χ2n) is 11.8. The van der Waals surface area contributed by atoms with Crippen LogP contribution in [0.15, 0.2) is 150 Å². The van der Waals surface area contributed by atoms with Crippen LogP contribution in [0.3, 0.4) is 0 Å². The van der Waals surface area contributed by atoms with Gasteiger partial charge in [0.1, 0.15) is 11.1 Å². The minimum absolute atomic E-state index is 0.564. The molecule has 46 heavy (non-hydrogen) atoms. The zero-order valence-electron chi connectivity index (χ0n) is 24.6. The topological polar surface area (TPSA) is 38.9 Å². The van der Waals surface area contributed by atoms with Crippen molar-refractivity contribution in [3.8, 4) is 33.4 Å². The number of hydrogen-bond acceptors (Lipinski definition) is 4. The van der Waals surface area contributed by atoms with Gasteiger partial charge in [-0.25, -0.2) is 9.97 Å². The van der Waals surface area contributed by atoms with Gasteiger partial charge in [0.25, 0.3) is 0 Å². The second-order valence-corrected chi connectivity index (χ2v) is 12.9. The van der Waals surface area contributed by atoms with E-state index in [1.54, 1.807) is 0 Å². The van der Waals surface area contributed by atoms with E-state index in [0.29, 0.717) is 5.71 Å². The van der Waals surface area contributed by atoms with E-state index in [2.05, 4.69) is 140 Å². The summed E-state index contributed by atoms with van der Waals surface area (Å²) in [6.07, 6.45) is 0. The van der Waals surface area contributed by atoms with Crippen molar-refractivity contribution in [2.45, 2.75) is 0 Å². The zero-order chi connectivity index (χ0) is 30.2. The number of aromatic nitrogens is 2. The molecule has 0 spiro atoms. The molecule has 0 saturated heterocycles. The average Bonchev–Trinajstić information content (AvgIpc) is 3.66. The first-order valence-corrected chi connectivity index (χ1v) is 16.2. The molecule has 0 unspecified atom stereocenters. The molecule has 0 bridgehead atoms. The number of thiophene rings is 1. The van der Waals surface area contributed by atoms with Crippen LogP contribution in [0, 0.1) is 0 Å². The van der Waals surface area contributed by atoms with Gasteiger partial charge < -0.3 is 4.42 Å². The van der Waals surface area contributed by atoms with Crippen LogP contribution >= 0.6 is 11.3 Å². The molecule has 214 valence electrons. The lowest BCUT2D eigenvalue weighted by Gasteiger charge is -2.10. The maximum absolute atomic E-state index is 6.21. The van der Waals surface area contributed by atoms with Crippen molar-refractivity contribution in [1.82, 2.24) is 9.97 Å². The number of hydrogen-bond donors (Lipinski definition) is 0. The molecule has 0 aliphatic heterocycles. The van der Waals surface area contributed by atoms with Crippen molar-refractivity contribution in [2.75, 3.05) is 0 Å². The predicted octanol–water partition coefficient (Wildman–Crippen LogP) is 12.1. The number of nitrogens with zero attached hydrogens (tertiary/aromatic N) is 2.